The number of hydrogen-bond acceptors (Lipinski definition) is 4. The molecule has 0 saturated heterocycles. The van der Waals surface area contributed by atoms with E-state index in [0.717, 1.165) is 5.56 Å². The fourth-order valence-electron chi connectivity index (χ4n) is 1.05. The standard InChI is InChI=1S/C8H11N3O2/c1-10-5-6-4-7(11(12)13)2-3-8(6)9/h2-4,10H,5,9H2,1H3. The summed E-state index contributed by atoms with van der Waals surface area (Å²) in [6, 6.07) is 4.42. The van der Waals surface area contributed by atoms with E-state index in [-0.39, 0.29) is 5.69 Å². The smallest absolute Gasteiger partial charge is 0.269 e. The number of nitro benzene ring substituents is 1. The van der Waals surface area contributed by atoms with E-state index in [1.165, 1.54) is 12.1 Å². The van der Waals surface area contributed by atoms with Gasteiger partial charge in [0.2, 0.25) is 0 Å². The van der Waals surface area contributed by atoms with Crippen molar-refractivity contribution in [2.75, 3.05) is 12.8 Å². The minimum absolute atomic E-state index is 0.0689. The number of nitrogens with zero attached hydrogens (tertiary/aromatic N) is 1. The highest BCUT2D eigenvalue weighted by molar-refractivity contribution is 5.52. The van der Waals surface area contributed by atoms with Gasteiger partial charge in [-0.15, -0.1) is 0 Å². The summed E-state index contributed by atoms with van der Waals surface area (Å²) < 4.78 is 0. The zero-order valence-electron chi connectivity index (χ0n) is 7.28. The Kier molecular flexibility index (Phi) is 2.81. The Labute approximate surface area is 75.7 Å². The van der Waals surface area contributed by atoms with Crippen molar-refractivity contribution in [2.24, 2.45) is 0 Å². The average Bonchev–Trinajstić information content (AvgIpc) is 2.08. The Morgan fingerprint density at radius 2 is 2.31 bits per heavy atom. The molecular formula is C8H11N3O2. The largest absolute Gasteiger partial charge is 0.398 e. The van der Waals surface area contributed by atoms with Crippen LogP contribution in [0.25, 0.3) is 0 Å². The highest BCUT2D eigenvalue weighted by Crippen LogP contribution is 2.19. The van der Waals surface area contributed by atoms with Crippen molar-refractivity contribution in [1.82, 2.24) is 5.32 Å². The first kappa shape index (κ1) is 9.47. The van der Waals surface area contributed by atoms with Gasteiger partial charge in [-0.05, 0) is 18.7 Å². The minimum atomic E-state index is -0.432. The van der Waals surface area contributed by atoms with Gasteiger partial charge < -0.3 is 11.1 Å². The van der Waals surface area contributed by atoms with Gasteiger partial charge in [0, 0.05) is 24.4 Å². The topological polar surface area (TPSA) is 81.2 Å². The number of nitrogens with one attached hydrogen (secondary N) is 1. The van der Waals surface area contributed by atoms with Crippen LogP contribution in [0.15, 0.2) is 18.2 Å². The Hall–Kier alpha value is -1.62. The number of hydrogen-bond donors (Lipinski definition) is 2. The molecule has 5 nitrogen and oxygen atoms in total. The molecule has 0 aromatic heterocycles. The Bertz CT molecular complexity index is 325. The number of nitrogen functional groups attached to an aromatic ring is 1. The van der Waals surface area contributed by atoms with Gasteiger partial charge >= 0.3 is 0 Å². The highest BCUT2D eigenvalue weighted by Gasteiger charge is 2.07. The van der Waals surface area contributed by atoms with Crippen LogP contribution in [-0.4, -0.2) is 12.0 Å². The Morgan fingerprint density at radius 3 is 2.85 bits per heavy atom. The molecular weight excluding hydrogens is 170 g/mol. The number of nitrogens with two attached hydrogens (primary N) is 1. The molecule has 13 heavy (non-hydrogen) atoms. The van der Waals surface area contributed by atoms with Gasteiger partial charge in [-0.25, -0.2) is 0 Å². The van der Waals surface area contributed by atoms with Crippen LogP contribution in [0.5, 0.6) is 0 Å². The third-order valence-electron chi connectivity index (χ3n) is 1.70. The quantitative estimate of drug-likeness (QED) is 0.412. The maximum absolute atomic E-state index is 10.4. The zero-order chi connectivity index (χ0) is 9.84. The number of nitro groups is 1. The highest BCUT2D eigenvalue weighted by atomic mass is 16.6. The van der Waals surface area contributed by atoms with Crippen molar-refractivity contribution in [3.8, 4) is 0 Å². The summed E-state index contributed by atoms with van der Waals surface area (Å²) in [6.45, 7) is 0.535. The van der Waals surface area contributed by atoms with Crippen molar-refractivity contribution >= 4 is 11.4 Å². The lowest BCUT2D eigenvalue weighted by Crippen LogP contribution is -2.07. The summed E-state index contributed by atoms with van der Waals surface area (Å²) in [5.41, 5.74) is 7.00. The minimum Gasteiger partial charge on any atom is -0.398 e. The second-order valence-corrected chi connectivity index (χ2v) is 2.67. The van der Waals surface area contributed by atoms with Crippen LogP contribution in [0.2, 0.25) is 0 Å². The van der Waals surface area contributed by atoms with Crippen LogP contribution >= 0.6 is 0 Å². The van der Waals surface area contributed by atoms with Gasteiger partial charge in [-0.2, -0.15) is 0 Å². The van der Waals surface area contributed by atoms with Gasteiger partial charge in [-0.3, -0.25) is 10.1 Å². The van der Waals surface area contributed by atoms with Crippen molar-refractivity contribution in [3.63, 3.8) is 0 Å². The van der Waals surface area contributed by atoms with Crippen molar-refractivity contribution in [2.45, 2.75) is 6.54 Å². The fourth-order valence-corrected chi connectivity index (χ4v) is 1.05. The predicted molar refractivity (Wildman–Crippen MR) is 50.3 cm³/mol. The molecule has 0 unspecified atom stereocenters. The van der Waals surface area contributed by atoms with Crippen molar-refractivity contribution in [1.29, 1.82) is 0 Å². The maximum atomic E-state index is 10.4. The second kappa shape index (κ2) is 3.86. The SMILES string of the molecule is CNCc1cc([N+](=O)[O-])ccc1N. The molecule has 1 aromatic carbocycles. The first-order valence-electron chi connectivity index (χ1n) is 3.82. The molecule has 3 N–H and O–H groups in total. The van der Waals surface area contributed by atoms with Crippen LogP contribution in [0.3, 0.4) is 0 Å². The summed E-state index contributed by atoms with van der Waals surface area (Å²) in [5.74, 6) is 0. The molecule has 0 bridgehead atoms. The van der Waals surface area contributed by atoms with Gasteiger partial charge in [-0.1, -0.05) is 0 Å². The van der Waals surface area contributed by atoms with E-state index in [4.69, 9.17) is 5.73 Å². The molecule has 0 atom stereocenters. The van der Waals surface area contributed by atoms with Gasteiger partial charge in [0.25, 0.3) is 5.69 Å². The maximum Gasteiger partial charge on any atom is 0.269 e. The summed E-state index contributed by atoms with van der Waals surface area (Å²) in [4.78, 5) is 9.98. The van der Waals surface area contributed by atoms with E-state index in [1.54, 1.807) is 13.1 Å². The van der Waals surface area contributed by atoms with Crippen LogP contribution in [0.4, 0.5) is 11.4 Å². The van der Waals surface area contributed by atoms with E-state index >= 15 is 0 Å². The lowest BCUT2D eigenvalue weighted by molar-refractivity contribution is -0.384. The Balaban J connectivity index is 3.03. The van der Waals surface area contributed by atoms with Crippen molar-refractivity contribution < 1.29 is 4.92 Å². The van der Waals surface area contributed by atoms with E-state index in [0.29, 0.717) is 12.2 Å². The van der Waals surface area contributed by atoms with Crippen molar-refractivity contribution in [3.05, 3.63) is 33.9 Å². The normalized spacial score (nSPS) is 9.92. The van der Waals surface area contributed by atoms with E-state index < -0.39 is 4.92 Å². The average molecular weight is 181 g/mol. The van der Waals surface area contributed by atoms with Gasteiger partial charge in [0.15, 0.2) is 0 Å². The Morgan fingerprint density at radius 1 is 1.62 bits per heavy atom. The third kappa shape index (κ3) is 2.16. The molecule has 0 amide bonds. The first-order valence-corrected chi connectivity index (χ1v) is 3.82. The summed E-state index contributed by atoms with van der Waals surface area (Å²) in [5, 5.41) is 13.3. The van der Waals surface area contributed by atoms with Crippen LogP contribution in [-0.2, 0) is 6.54 Å². The molecule has 1 rings (SSSR count). The molecule has 0 aliphatic heterocycles. The summed E-state index contributed by atoms with van der Waals surface area (Å²) >= 11 is 0. The molecule has 0 fully saturated rings. The monoisotopic (exact) mass is 181 g/mol. The summed E-state index contributed by atoms with van der Waals surface area (Å²) in [6.07, 6.45) is 0. The zero-order valence-corrected chi connectivity index (χ0v) is 7.28. The molecule has 5 heteroatoms. The van der Waals surface area contributed by atoms with E-state index in [9.17, 15) is 10.1 Å². The van der Waals surface area contributed by atoms with Gasteiger partial charge in [0.1, 0.15) is 0 Å². The predicted octanol–water partition coefficient (Wildman–Crippen LogP) is 0.896. The number of benzene rings is 1. The van der Waals surface area contributed by atoms with Crippen LogP contribution in [0.1, 0.15) is 5.56 Å². The van der Waals surface area contributed by atoms with Gasteiger partial charge in [0.05, 0.1) is 4.92 Å². The van der Waals surface area contributed by atoms with Crippen LogP contribution < -0.4 is 11.1 Å². The molecule has 1 aromatic rings. The molecule has 0 saturated carbocycles. The van der Waals surface area contributed by atoms with Crippen LogP contribution in [0, 0.1) is 10.1 Å². The fraction of sp³-hybridized carbons (Fsp3) is 0.250. The molecule has 70 valence electrons. The van der Waals surface area contributed by atoms with E-state index in [2.05, 4.69) is 5.32 Å². The number of rotatable bonds is 3. The lowest BCUT2D eigenvalue weighted by Gasteiger charge is -2.03. The second-order valence-electron chi connectivity index (χ2n) is 2.67. The van der Waals surface area contributed by atoms with E-state index in [1.807, 2.05) is 0 Å². The lowest BCUT2D eigenvalue weighted by atomic mass is 10.1. The summed E-state index contributed by atoms with van der Waals surface area (Å²) in [7, 11) is 1.76. The molecule has 0 aliphatic carbocycles. The number of anilines is 1. The molecule has 0 radical (unpaired) electrons. The molecule has 0 heterocycles. The molecule has 0 spiro atoms. The molecule has 0 aliphatic rings. The third-order valence-corrected chi connectivity index (χ3v) is 1.70. The first-order chi connectivity index (χ1) is 6.15. The number of non-ortho nitro benzene ring substituents is 1.